The van der Waals surface area contributed by atoms with Gasteiger partial charge in [0.05, 0.1) is 35.6 Å². The maximum Gasteiger partial charge on any atom is 0.237 e. The van der Waals surface area contributed by atoms with Gasteiger partial charge in [0.2, 0.25) is 27.8 Å². The molecule has 6 rings (SSSR count). The van der Waals surface area contributed by atoms with Gasteiger partial charge in [-0.25, -0.2) is 23.4 Å². The highest BCUT2D eigenvalue weighted by atomic mass is 32.2. The van der Waals surface area contributed by atoms with E-state index >= 15 is 0 Å². The Morgan fingerprint density at radius 3 is 2.57 bits per heavy atom. The molecule has 2 aromatic heterocycles. The number of hydrogen-bond donors (Lipinski definition) is 3. The molecule has 0 bridgehead atoms. The molecule has 3 N–H and O–H groups in total. The van der Waals surface area contributed by atoms with Gasteiger partial charge in [-0.1, -0.05) is 12.1 Å². The number of nitrogens with zero attached hydrogens (tertiary/aromatic N) is 4. The third kappa shape index (κ3) is 4.29. The van der Waals surface area contributed by atoms with Gasteiger partial charge in [-0.15, -0.1) is 0 Å². The highest BCUT2D eigenvalue weighted by Crippen LogP contribution is 2.61. The summed E-state index contributed by atoms with van der Waals surface area (Å²) in [5.74, 6) is 0.452. The van der Waals surface area contributed by atoms with Crippen LogP contribution in [0.15, 0.2) is 48.9 Å². The molecule has 3 heterocycles. The lowest BCUT2D eigenvalue weighted by Gasteiger charge is -2.21. The Balaban J connectivity index is 1.23. The third-order valence-electron chi connectivity index (χ3n) is 7.27. The zero-order valence-corrected chi connectivity index (χ0v) is 21.0. The Bertz CT molecular complexity index is 1430. The van der Waals surface area contributed by atoms with Gasteiger partial charge >= 0.3 is 0 Å². The van der Waals surface area contributed by atoms with Gasteiger partial charge in [-0.05, 0) is 62.9 Å². The molecule has 192 valence electrons. The highest BCUT2D eigenvalue weighted by Gasteiger charge is 2.72. The zero-order chi connectivity index (χ0) is 25.6. The standard InChI is InChI=1S/C25H27N7O4S/c1-2-36-22-14-27-13-20(30-22)15-3-5-16(6-4-15)29-23(33)25(18-11-26-12-19(18)25)21-9-10-28-24(31-21)32-37(34,35)17-7-8-17/h3-6,9-10,13-14,17-19,26H,2,7-8,11-12H2,1H3,(H,29,33)(H,28,31,32). The molecule has 2 unspecified atom stereocenters. The summed E-state index contributed by atoms with van der Waals surface area (Å²) in [6.45, 7) is 3.78. The highest BCUT2D eigenvalue weighted by molar-refractivity contribution is 7.93. The van der Waals surface area contributed by atoms with Crippen molar-refractivity contribution in [2.75, 3.05) is 29.7 Å². The number of rotatable bonds is 9. The lowest BCUT2D eigenvalue weighted by molar-refractivity contribution is -0.119. The summed E-state index contributed by atoms with van der Waals surface area (Å²) in [5, 5.41) is 5.98. The third-order valence-corrected chi connectivity index (χ3v) is 9.09. The predicted molar refractivity (Wildman–Crippen MR) is 136 cm³/mol. The van der Waals surface area contributed by atoms with Gasteiger partial charge in [0.1, 0.15) is 5.41 Å². The number of aromatic nitrogens is 4. The van der Waals surface area contributed by atoms with Crippen LogP contribution >= 0.6 is 0 Å². The number of anilines is 2. The Morgan fingerprint density at radius 1 is 1.11 bits per heavy atom. The number of ether oxygens (including phenoxy) is 1. The molecule has 3 aliphatic rings. The number of piperidine rings is 1. The van der Waals surface area contributed by atoms with Crippen molar-refractivity contribution in [1.29, 1.82) is 0 Å². The van der Waals surface area contributed by atoms with Gasteiger partial charge in [-0.3, -0.25) is 14.5 Å². The van der Waals surface area contributed by atoms with Crippen LogP contribution in [-0.2, 0) is 20.2 Å². The first-order valence-electron chi connectivity index (χ1n) is 12.3. The minimum Gasteiger partial charge on any atom is -0.477 e. The summed E-state index contributed by atoms with van der Waals surface area (Å²) in [6, 6.07) is 9.09. The van der Waals surface area contributed by atoms with Gasteiger partial charge in [0.25, 0.3) is 0 Å². The van der Waals surface area contributed by atoms with Gasteiger partial charge in [0, 0.05) is 17.4 Å². The van der Waals surface area contributed by atoms with E-state index in [0.29, 0.717) is 55.5 Å². The molecule has 3 aromatic rings. The van der Waals surface area contributed by atoms with Gasteiger partial charge < -0.3 is 15.4 Å². The molecule has 2 saturated carbocycles. The Hall–Kier alpha value is -3.64. The number of nitrogens with one attached hydrogen (secondary N) is 3. The van der Waals surface area contributed by atoms with Crippen molar-refractivity contribution in [3.05, 3.63) is 54.6 Å². The van der Waals surface area contributed by atoms with Crippen LogP contribution in [0.1, 0.15) is 25.5 Å². The number of carbonyl (C=O) groups is 1. The minimum atomic E-state index is -3.51. The summed E-state index contributed by atoms with van der Waals surface area (Å²) in [7, 11) is -3.51. The van der Waals surface area contributed by atoms with Gasteiger partial charge in [-0.2, -0.15) is 0 Å². The van der Waals surface area contributed by atoms with Crippen molar-refractivity contribution in [3.63, 3.8) is 0 Å². The Morgan fingerprint density at radius 2 is 1.86 bits per heavy atom. The van der Waals surface area contributed by atoms with Crippen LogP contribution in [0.2, 0.25) is 0 Å². The van der Waals surface area contributed by atoms with E-state index in [0.717, 1.165) is 5.56 Å². The first-order valence-corrected chi connectivity index (χ1v) is 13.9. The topological polar surface area (TPSA) is 148 Å². The molecule has 11 nitrogen and oxygen atoms in total. The lowest BCUT2D eigenvalue weighted by atomic mass is 9.94. The van der Waals surface area contributed by atoms with E-state index in [1.54, 1.807) is 18.5 Å². The molecule has 1 saturated heterocycles. The maximum atomic E-state index is 13.7. The fourth-order valence-corrected chi connectivity index (χ4v) is 6.54. The van der Waals surface area contributed by atoms with Crippen LogP contribution < -0.4 is 20.1 Å². The molecular weight excluding hydrogens is 494 g/mol. The number of fused-ring (bicyclic) bond motifs is 1. The summed E-state index contributed by atoms with van der Waals surface area (Å²) in [5.41, 5.74) is 1.85. The average Bonchev–Trinajstić information content (AvgIpc) is 3.80. The second kappa shape index (κ2) is 9.03. The van der Waals surface area contributed by atoms with E-state index in [1.165, 1.54) is 6.20 Å². The largest absolute Gasteiger partial charge is 0.477 e. The second-order valence-electron chi connectivity index (χ2n) is 9.56. The Kier molecular flexibility index (Phi) is 5.80. The van der Waals surface area contributed by atoms with Crippen molar-refractivity contribution < 1.29 is 17.9 Å². The molecule has 3 fully saturated rings. The Labute approximate surface area is 214 Å². The normalized spacial score (nSPS) is 24.2. The number of carbonyl (C=O) groups excluding carboxylic acids is 1. The van der Waals surface area contributed by atoms with E-state index in [1.807, 2.05) is 31.2 Å². The minimum absolute atomic E-state index is 0.00857. The first kappa shape index (κ1) is 23.7. The molecule has 37 heavy (non-hydrogen) atoms. The molecule has 2 atom stereocenters. The fourth-order valence-electron chi connectivity index (χ4n) is 5.26. The van der Waals surface area contributed by atoms with E-state index in [-0.39, 0.29) is 23.7 Å². The lowest BCUT2D eigenvalue weighted by Crippen LogP contribution is -2.37. The van der Waals surface area contributed by atoms with Crippen molar-refractivity contribution >= 4 is 27.6 Å². The fraction of sp³-hybridized carbons (Fsp3) is 0.400. The van der Waals surface area contributed by atoms with E-state index in [9.17, 15) is 13.2 Å². The maximum absolute atomic E-state index is 13.7. The summed E-state index contributed by atoms with van der Waals surface area (Å²) < 4.78 is 32.7. The van der Waals surface area contributed by atoms with Crippen molar-refractivity contribution in [3.8, 4) is 17.1 Å². The SMILES string of the molecule is CCOc1cncc(-c2ccc(NC(=O)C3(c4ccnc(NS(=O)(=O)C5CC5)n4)C4CNCC43)cc2)n1. The smallest absolute Gasteiger partial charge is 0.237 e. The van der Waals surface area contributed by atoms with Crippen LogP contribution in [-0.4, -0.2) is 59.2 Å². The van der Waals surface area contributed by atoms with E-state index in [2.05, 4.69) is 35.3 Å². The molecule has 1 aliphatic heterocycles. The number of sulfonamides is 1. The first-order chi connectivity index (χ1) is 17.9. The predicted octanol–water partition coefficient (Wildman–Crippen LogP) is 1.96. The van der Waals surface area contributed by atoms with Crippen LogP contribution in [0.3, 0.4) is 0 Å². The van der Waals surface area contributed by atoms with Crippen molar-refractivity contribution in [2.45, 2.75) is 30.4 Å². The summed E-state index contributed by atoms with van der Waals surface area (Å²) >= 11 is 0. The van der Waals surface area contributed by atoms with Crippen LogP contribution in [0.25, 0.3) is 11.3 Å². The number of benzene rings is 1. The monoisotopic (exact) mass is 521 g/mol. The summed E-state index contributed by atoms with van der Waals surface area (Å²) in [4.78, 5) is 31.0. The quantitative estimate of drug-likeness (QED) is 0.384. The second-order valence-corrected chi connectivity index (χ2v) is 11.5. The van der Waals surface area contributed by atoms with E-state index < -0.39 is 20.7 Å². The molecule has 0 spiro atoms. The van der Waals surface area contributed by atoms with E-state index in [4.69, 9.17) is 4.74 Å². The average molecular weight is 522 g/mol. The number of hydrogen-bond acceptors (Lipinski definition) is 9. The van der Waals surface area contributed by atoms with Crippen molar-refractivity contribution in [1.82, 2.24) is 25.3 Å². The molecule has 12 heteroatoms. The zero-order valence-electron chi connectivity index (χ0n) is 20.2. The molecule has 1 amide bonds. The molecule has 2 aliphatic carbocycles. The van der Waals surface area contributed by atoms with Crippen molar-refractivity contribution in [2.24, 2.45) is 11.8 Å². The molecule has 0 radical (unpaired) electrons. The van der Waals surface area contributed by atoms with Gasteiger partial charge in [0.15, 0.2) is 0 Å². The van der Waals surface area contributed by atoms with Crippen LogP contribution in [0, 0.1) is 11.8 Å². The molecule has 1 aromatic carbocycles. The summed E-state index contributed by atoms with van der Waals surface area (Å²) in [6.07, 6.45) is 6.02. The van der Waals surface area contributed by atoms with Crippen LogP contribution in [0.5, 0.6) is 5.88 Å². The van der Waals surface area contributed by atoms with Crippen LogP contribution in [0.4, 0.5) is 11.6 Å². The molecular formula is C25H27N7O4S. The number of amides is 1.